The zero-order valence-corrected chi connectivity index (χ0v) is 79.6. The number of carbonyl (C=O) groups excluding carboxylic acids is 16. The predicted octanol–water partition coefficient (Wildman–Crippen LogP) is -0.928. The van der Waals surface area contributed by atoms with E-state index in [1.54, 1.807) is 96.2 Å². The van der Waals surface area contributed by atoms with Gasteiger partial charge in [0.05, 0.1) is 51.0 Å². The molecule has 2 unspecified atom stereocenters. The van der Waals surface area contributed by atoms with E-state index in [4.69, 9.17) is 22.6 Å². The van der Waals surface area contributed by atoms with E-state index in [2.05, 4.69) is 78.4 Å². The highest BCUT2D eigenvalue weighted by molar-refractivity contribution is 8.00. The first-order valence-electron chi connectivity index (χ1n) is 46.3. The van der Waals surface area contributed by atoms with Crippen LogP contribution in [0.4, 0.5) is 0 Å². The van der Waals surface area contributed by atoms with Crippen molar-refractivity contribution < 1.29 is 86.9 Å². The van der Waals surface area contributed by atoms with Gasteiger partial charge >= 0.3 is 0 Å². The fourth-order valence-corrected chi connectivity index (χ4v) is 17.9. The molecule has 1 aliphatic heterocycles. The molecule has 42 nitrogen and oxygen atoms in total. The number of para-hydroxylation sites is 2. The van der Waals surface area contributed by atoms with Gasteiger partial charge in [-0.15, -0.1) is 11.8 Å². The highest BCUT2D eigenvalue weighted by Gasteiger charge is 2.44. The Morgan fingerprint density at radius 1 is 0.529 bits per heavy atom. The molecule has 1 aliphatic carbocycles. The molecule has 4 heterocycles. The van der Waals surface area contributed by atoms with Crippen molar-refractivity contribution in [3.8, 4) is 0 Å². The van der Waals surface area contributed by atoms with Crippen LogP contribution < -0.4 is 75.7 Å². The Balaban J connectivity index is 0.991. The van der Waals surface area contributed by atoms with Gasteiger partial charge in [0.15, 0.2) is 5.96 Å². The SMILES string of the molecule is CCCC[C@@H](C(=O)N(C)[C@@H](CCCC)C(=O)N[C@@H](CCCNC(=N)N)C(=O)N[C@@H](CSCC(=O)N[C@@H](Cc1ccccc1)C(=O)N(C)[C@@H](C)C(=O)N[C@@H](CC(N)=O)C(=O)N1CCC2CCCCC21)C(=O)NCC(N)=O)N(C)C(=O)[C@H](Cc1c[nH]c2ccccc12)NC(=O)[C@H](CO)NC(=O)[C@H](Cc1c[nH]c2ccccc12)NC(=O)CN(C)C(=O)[C@H](CC(C)C)NC(=O)[C@H](Cc1cnc[nH]1)NCO. The molecule has 43 heteroatoms. The van der Waals surface area contributed by atoms with Gasteiger partial charge < -0.3 is 120 Å². The third kappa shape index (κ3) is 32.1. The van der Waals surface area contributed by atoms with E-state index in [-0.39, 0.29) is 82.0 Å². The normalized spacial score (nSPS) is 16.1. The zero-order chi connectivity index (χ0) is 99.4. The summed E-state index contributed by atoms with van der Waals surface area (Å²) in [5.41, 5.74) is 20.3. The number of fused-ring (bicyclic) bond motifs is 3. The molecule has 742 valence electrons. The number of primary amides is 2. The van der Waals surface area contributed by atoms with Gasteiger partial charge in [-0.1, -0.05) is 133 Å². The summed E-state index contributed by atoms with van der Waals surface area (Å²) < 4.78 is 0. The highest BCUT2D eigenvalue weighted by atomic mass is 32.2. The number of nitrogens with zero attached hydrogens (tertiary/aromatic N) is 6. The first kappa shape index (κ1) is 108. The number of aromatic amines is 3. The van der Waals surface area contributed by atoms with Crippen LogP contribution in [0.5, 0.6) is 0 Å². The number of nitrogens with one attached hydrogen (secondary N) is 15. The van der Waals surface area contributed by atoms with Crippen LogP contribution in [0.25, 0.3) is 21.8 Å². The molecular weight excluding hydrogens is 1770 g/mol. The lowest BCUT2D eigenvalue weighted by molar-refractivity contribution is -0.149. The summed E-state index contributed by atoms with van der Waals surface area (Å²) in [4.78, 5) is 249. The van der Waals surface area contributed by atoms with Crippen LogP contribution in [-0.4, -0.2) is 313 Å². The lowest BCUT2D eigenvalue weighted by atomic mass is 9.85. The number of aliphatic hydroxyl groups is 2. The van der Waals surface area contributed by atoms with Crippen LogP contribution >= 0.6 is 11.8 Å². The molecule has 136 heavy (non-hydrogen) atoms. The molecule has 1 saturated carbocycles. The van der Waals surface area contributed by atoms with Gasteiger partial charge in [0, 0.05) is 125 Å². The van der Waals surface area contributed by atoms with E-state index in [9.17, 15) is 67.7 Å². The number of likely N-dealkylation sites (tertiary alicyclic amines) is 1. The maximum atomic E-state index is 15.7. The topological polar surface area (TPSA) is 624 Å². The molecule has 2 fully saturated rings. The quantitative estimate of drug-likeness (QED) is 0.00949. The molecule has 14 atom stereocenters. The number of guanidine groups is 1. The number of nitrogens with two attached hydrogens (primary N) is 3. The fourth-order valence-electron chi connectivity index (χ4n) is 17.1. The van der Waals surface area contributed by atoms with Crippen molar-refractivity contribution in [1.29, 1.82) is 5.41 Å². The Morgan fingerprint density at radius 3 is 1.69 bits per heavy atom. The average molecular weight is 1910 g/mol. The fraction of sp³-hybridized carbons (Fsp3) is 0.548. The minimum absolute atomic E-state index is 0.000282. The minimum atomic E-state index is -1.82. The third-order valence-corrected chi connectivity index (χ3v) is 25.6. The molecular formula is C93H136N24O18S. The first-order chi connectivity index (χ1) is 64.9. The number of aliphatic hydroxyl groups excluding tert-OH is 2. The van der Waals surface area contributed by atoms with E-state index < -0.39 is 212 Å². The number of hydrogen-bond acceptors (Lipinski definition) is 22. The standard InChI is InChI=1S/C93H136N24O18S/c1-10-12-32-75(87(130)107-65(31-23-36-99-93(96)97)83(126)112-73(82(125)102-47-78(95)121)50-136-51-80(123)106-69(39-56-24-15-14-16-25-56)89(132)114(7)55(5)81(124)108-71(43-77(94)120)91(134)117-37-35-57-26-17-22-34-74(57)117)115(8)92(135)76(33-13-11-2)116(9)90(133)70(41-59-45-101-64-30-21-19-28-62(59)64)110-86(129)72(49-118)111-85(128)67(40-58-44-100-63-29-20-18-27-61(58)63)105-79(122)48-113(6)88(131)68(38-54(3)4)109-84(127)66(104-53-119)42-60-46-98-52-103-60/h14-16,18-21,24-25,27-30,44-46,52,54-55,57,65-76,100-101,104,118-119H,10-13,17,22-23,26,31-43,47-51,53H2,1-9H3,(H2,94,120)(H2,95,121)(H,98,103)(H,102,125)(H,105,122)(H,106,123)(H,107,130)(H,108,124)(H,109,127)(H,110,129)(H,111,128)(H,112,126)(H4,96,97,99)/t55-,57?,65-,66-,67-,68-,69-,70-,71-,72-,73-,74?,75-,76-/m0/s1. The summed E-state index contributed by atoms with van der Waals surface area (Å²) in [6.07, 6.45) is 11.6. The van der Waals surface area contributed by atoms with Crippen molar-refractivity contribution in [1.82, 2.24) is 103 Å². The number of imidazole rings is 1. The molecule has 0 radical (unpaired) electrons. The van der Waals surface area contributed by atoms with E-state index >= 15 is 19.2 Å². The number of aromatic nitrogens is 4. The molecule has 3 aromatic carbocycles. The van der Waals surface area contributed by atoms with E-state index in [1.807, 2.05) is 27.7 Å². The first-order valence-corrected chi connectivity index (χ1v) is 47.4. The Hall–Kier alpha value is -13.0. The Morgan fingerprint density at radius 2 is 1.08 bits per heavy atom. The van der Waals surface area contributed by atoms with Crippen LogP contribution in [-0.2, 0) is 102 Å². The van der Waals surface area contributed by atoms with Crippen LogP contribution in [0, 0.1) is 17.2 Å². The lowest BCUT2D eigenvalue weighted by Gasteiger charge is -2.36. The Labute approximate surface area is 794 Å². The summed E-state index contributed by atoms with van der Waals surface area (Å²) >= 11 is 0.832. The lowest BCUT2D eigenvalue weighted by Crippen LogP contribution is -2.61. The summed E-state index contributed by atoms with van der Waals surface area (Å²) in [6, 6.07) is 6.17. The summed E-state index contributed by atoms with van der Waals surface area (Å²) in [7, 11) is 5.41. The molecule has 0 spiro atoms. The van der Waals surface area contributed by atoms with Crippen molar-refractivity contribution in [3.05, 3.63) is 126 Å². The van der Waals surface area contributed by atoms with E-state index in [0.29, 0.717) is 82.3 Å². The second kappa shape index (κ2) is 53.9. The molecule has 1 saturated heterocycles. The molecule has 23 N–H and O–H groups in total. The smallest absolute Gasteiger partial charge is 0.245 e. The highest BCUT2D eigenvalue weighted by Crippen LogP contribution is 2.37. The van der Waals surface area contributed by atoms with Gasteiger partial charge in [-0.2, -0.15) is 0 Å². The molecule has 8 rings (SSSR count). The molecule has 2 aliphatic rings. The van der Waals surface area contributed by atoms with Crippen molar-refractivity contribution in [2.45, 2.75) is 235 Å². The molecule has 3 aromatic heterocycles. The van der Waals surface area contributed by atoms with Crippen LogP contribution in [0.3, 0.4) is 0 Å². The zero-order valence-electron chi connectivity index (χ0n) is 78.8. The summed E-state index contributed by atoms with van der Waals surface area (Å²) in [5.74, 6) is -14.0. The van der Waals surface area contributed by atoms with Crippen LogP contribution in [0.15, 0.2) is 104 Å². The number of hydrogen-bond donors (Lipinski definition) is 20. The maximum Gasteiger partial charge on any atom is 0.245 e. The summed E-state index contributed by atoms with van der Waals surface area (Å²) in [5, 5.41) is 59.4. The number of thioether (sulfide) groups is 1. The van der Waals surface area contributed by atoms with Crippen molar-refractivity contribution in [2.24, 2.45) is 29.0 Å². The second-order valence-electron chi connectivity index (χ2n) is 35.3. The number of carbonyl (C=O) groups is 16. The molecule has 6 aromatic rings. The third-order valence-electron chi connectivity index (χ3n) is 24.6. The number of likely N-dealkylation sites (N-methyl/N-ethyl adjacent to an activating group) is 4. The average Bonchev–Trinajstić information content (AvgIpc) is 1.64. The van der Waals surface area contributed by atoms with Crippen molar-refractivity contribution in [2.75, 3.05) is 79.2 Å². The Kier molecular flexibility index (Phi) is 42.9. The van der Waals surface area contributed by atoms with Crippen molar-refractivity contribution in [3.63, 3.8) is 0 Å². The van der Waals surface area contributed by atoms with E-state index in [1.165, 1.54) is 52.5 Å². The number of rotatable bonds is 56. The van der Waals surface area contributed by atoms with Crippen LogP contribution in [0.2, 0.25) is 0 Å². The predicted molar refractivity (Wildman–Crippen MR) is 509 cm³/mol. The maximum absolute atomic E-state index is 15.7. The van der Waals surface area contributed by atoms with E-state index in [0.717, 1.165) is 58.6 Å². The largest absolute Gasteiger partial charge is 0.394 e. The molecule has 16 amide bonds. The Bertz CT molecular complexity index is 5070. The van der Waals surface area contributed by atoms with Gasteiger partial charge in [-0.3, -0.25) is 87.4 Å². The van der Waals surface area contributed by atoms with Gasteiger partial charge in [-0.25, -0.2) is 4.98 Å². The molecule has 0 bridgehead atoms. The number of benzene rings is 3. The van der Waals surface area contributed by atoms with Gasteiger partial charge in [0.1, 0.15) is 66.5 Å². The van der Waals surface area contributed by atoms with Gasteiger partial charge in [-0.05, 0) is 98.9 Å². The van der Waals surface area contributed by atoms with Gasteiger partial charge in [0.25, 0.3) is 0 Å². The monoisotopic (exact) mass is 1910 g/mol. The number of H-pyrrole nitrogens is 3. The minimum Gasteiger partial charge on any atom is -0.394 e. The number of amides is 16. The number of unbranched alkanes of at least 4 members (excludes halogenated alkanes) is 2. The summed E-state index contributed by atoms with van der Waals surface area (Å²) in [6.45, 7) is 6.33. The van der Waals surface area contributed by atoms with Crippen molar-refractivity contribution >= 4 is 134 Å². The van der Waals surface area contributed by atoms with Gasteiger partial charge in [0.2, 0.25) is 94.5 Å². The van der Waals surface area contributed by atoms with Crippen LogP contribution in [0.1, 0.15) is 153 Å². The second-order valence-corrected chi connectivity index (χ2v) is 36.3.